The highest BCUT2D eigenvalue weighted by Crippen LogP contribution is 2.54. The molecule has 0 unspecified atom stereocenters. The summed E-state index contributed by atoms with van der Waals surface area (Å²) >= 11 is 6.10. The molecule has 5 heteroatoms. The van der Waals surface area contributed by atoms with Crippen molar-refractivity contribution < 1.29 is 9.59 Å². The first kappa shape index (κ1) is 24.6. The number of hydrogen-bond acceptors (Lipinski definition) is 2. The smallest absolute Gasteiger partial charge is 0.249 e. The van der Waals surface area contributed by atoms with Crippen molar-refractivity contribution in [3.8, 4) is 0 Å². The van der Waals surface area contributed by atoms with Gasteiger partial charge in [0.25, 0.3) is 0 Å². The van der Waals surface area contributed by atoms with Gasteiger partial charge < -0.3 is 9.80 Å². The van der Waals surface area contributed by atoms with Crippen LogP contribution < -0.4 is 0 Å². The van der Waals surface area contributed by atoms with E-state index in [-0.39, 0.29) is 29.8 Å². The largest absolute Gasteiger partial charge is 0.322 e. The zero-order valence-electron chi connectivity index (χ0n) is 21.2. The van der Waals surface area contributed by atoms with Gasteiger partial charge in [0.1, 0.15) is 12.1 Å². The molecule has 1 heterocycles. The Morgan fingerprint density at radius 3 is 1.89 bits per heavy atom. The lowest BCUT2D eigenvalue weighted by Crippen LogP contribution is -2.73. The summed E-state index contributed by atoms with van der Waals surface area (Å²) in [4.78, 5) is 32.0. The first-order chi connectivity index (χ1) is 17.2. The Labute approximate surface area is 218 Å². The molecule has 3 aromatic rings. The Balaban J connectivity index is 1.55. The van der Waals surface area contributed by atoms with Crippen LogP contribution in [0.5, 0.6) is 0 Å². The number of amides is 2. The van der Waals surface area contributed by atoms with E-state index < -0.39 is 5.54 Å². The minimum absolute atomic E-state index is 0.00577. The third kappa shape index (κ3) is 4.43. The van der Waals surface area contributed by atoms with Gasteiger partial charge in [-0.1, -0.05) is 105 Å². The molecule has 186 valence electrons. The maximum Gasteiger partial charge on any atom is 0.249 e. The first-order valence-electron chi connectivity index (χ1n) is 12.6. The molecule has 0 radical (unpaired) electrons. The standard InChI is InChI=1S/C31H33ClN2O2/c1-30(2,3)25-18-31(19-25)29(36)33(21-27(35)34(31)20-22-14-16-26(32)17-15-22)28(23-10-6-4-7-11-23)24-12-8-5-9-13-24/h4-17,25,28H,18-21H2,1-3H3. The lowest BCUT2D eigenvalue weighted by molar-refractivity contribution is -0.183. The highest BCUT2D eigenvalue weighted by atomic mass is 35.5. The van der Waals surface area contributed by atoms with Crippen LogP contribution in [0.4, 0.5) is 0 Å². The second kappa shape index (κ2) is 9.40. The van der Waals surface area contributed by atoms with Crippen LogP contribution >= 0.6 is 11.6 Å². The molecule has 0 atom stereocenters. The normalized spacial score (nSPS) is 22.3. The van der Waals surface area contributed by atoms with E-state index in [0.29, 0.717) is 30.3 Å². The molecule has 0 bridgehead atoms. The molecule has 2 aliphatic rings. The summed E-state index contributed by atoms with van der Waals surface area (Å²) in [6, 6.07) is 27.3. The van der Waals surface area contributed by atoms with Gasteiger partial charge in [0.2, 0.25) is 11.8 Å². The van der Waals surface area contributed by atoms with Crippen LogP contribution in [-0.2, 0) is 16.1 Å². The van der Waals surface area contributed by atoms with Crippen molar-refractivity contribution in [2.75, 3.05) is 6.54 Å². The van der Waals surface area contributed by atoms with Gasteiger partial charge in [-0.3, -0.25) is 9.59 Å². The molecule has 1 aliphatic heterocycles. The van der Waals surface area contributed by atoms with Gasteiger partial charge >= 0.3 is 0 Å². The monoisotopic (exact) mass is 500 g/mol. The Morgan fingerprint density at radius 2 is 1.39 bits per heavy atom. The van der Waals surface area contributed by atoms with Crippen LogP contribution in [0.1, 0.15) is 56.3 Å². The molecule has 0 N–H and O–H groups in total. The third-order valence-electron chi connectivity index (χ3n) is 7.97. The number of benzene rings is 3. The van der Waals surface area contributed by atoms with E-state index in [4.69, 9.17) is 11.6 Å². The fourth-order valence-corrected chi connectivity index (χ4v) is 5.86. The van der Waals surface area contributed by atoms with E-state index in [1.165, 1.54) is 0 Å². The lowest BCUT2D eigenvalue weighted by atomic mass is 9.57. The van der Waals surface area contributed by atoms with E-state index in [1.54, 1.807) is 0 Å². The quantitative estimate of drug-likeness (QED) is 0.401. The second-order valence-corrected chi connectivity index (χ2v) is 11.7. The van der Waals surface area contributed by atoms with Crippen molar-refractivity contribution in [1.82, 2.24) is 9.80 Å². The van der Waals surface area contributed by atoms with Crippen LogP contribution in [0.3, 0.4) is 0 Å². The van der Waals surface area contributed by atoms with Crippen LogP contribution in [0.25, 0.3) is 0 Å². The van der Waals surface area contributed by atoms with Crippen molar-refractivity contribution in [1.29, 1.82) is 0 Å². The fourth-order valence-electron chi connectivity index (χ4n) is 5.73. The van der Waals surface area contributed by atoms with Gasteiger partial charge in [-0.05, 0) is 53.0 Å². The van der Waals surface area contributed by atoms with Crippen molar-refractivity contribution >= 4 is 23.4 Å². The van der Waals surface area contributed by atoms with Crippen LogP contribution in [0.2, 0.25) is 5.02 Å². The average Bonchev–Trinajstić information content (AvgIpc) is 2.83. The molecule has 1 saturated carbocycles. The van der Waals surface area contributed by atoms with Gasteiger partial charge in [0.15, 0.2) is 0 Å². The van der Waals surface area contributed by atoms with Crippen LogP contribution in [-0.4, -0.2) is 33.7 Å². The Morgan fingerprint density at radius 1 is 0.861 bits per heavy atom. The molecule has 3 aromatic carbocycles. The number of piperazine rings is 1. The summed E-state index contributed by atoms with van der Waals surface area (Å²) in [5.41, 5.74) is 2.25. The molecular weight excluding hydrogens is 468 g/mol. The zero-order chi connectivity index (χ0) is 25.5. The Kier molecular flexibility index (Phi) is 6.42. The van der Waals surface area contributed by atoms with Crippen LogP contribution in [0.15, 0.2) is 84.9 Å². The van der Waals surface area contributed by atoms with E-state index in [9.17, 15) is 9.59 Å². The summed E-state index contributed by atoms with van der Waals surface area (Å²) in [7, 11) is 0. The van der Waals surface area contributed by atoms with Gasteiger partial charge in [0.05, 0.1) is 6.04 Å². The summed E-state index contributed by atoms with van der Waals surface area (Å²) in [5, 5.41) is 0.658. The summed E-state index contributed by atoms with van der Waals surface area (Å²) in [5.74, 6) is 0.414. The highest BCUT2D eigenvalue weighted by Gasteiger charge is 2.62. The minimum Gasteiger partial charge on any atom is -0.322 e. The molecule has 2 amide bonds. The van der Waals surface area contributed by atoms with Gasteiger partial charge in [-0.25, -0.2) is 0 Å². The number of carbonyl (C=O) groups is 2. The Hall–Kier alpha value is -3.11. The molecule has 1 spiro atoms. The Bertz CT molecular complexity index is 1190. The molecular formula is C31H33ClN2O2. The van der Waals surface area contributed by atoms with Crippen LogP contribution in [0, 0.1) is 11.3 Å². The highest BCUT2D eigenvalue weighted by molar-refractivity contribution is 6.30. The number of carbonyl (C=O) groups excluding carboxylic acids is 2. The van der Waals surface area contributed by atoms with Gasteiger partial charge in [-0.15, -0.1) is 0 Å². The van der Waals surface area contributed by atoms with Crippen molar-refractivity contribution in [2.45, 2.75) is 51.7 Å². The number of hydrogen-bond donors (Lipinski definition) is 0. The van der Waals surface area contributed by atoms with Crippen molar-refractivity contribution in [3.63, 3.8) is 0 Å². The maximum absolute atomic E-state index is 14.5. The fraction of sp³-hybridized carbons (Fsp3) is 0.355. The average molecular weight is 501 g/mol. The number of rotatable bonds is 5. The predicted octanol–water partition coefficient (Wildman–Crippen LogP) is 6.50. The molecule has 36 heavy (non-hydrogen) atoms. The van der Waals surface area contributed by atoms with Gasteiger partial charge in [-0.2, -0.15) is 0 Å². The predicted molar refractivity (Wildman–Crippen MR) is 143 cm³/mol. The molecule has 5 rings (SSSR count). The van der Waals surface area contributed by atoms with E-state index in [0.717, 1.165) is 16.7 Å². The van der Waals surface area contributed by atoms with Gasteiger partial charge in [0, 0.05) is 11.6 Å². The van der Waals surface area contributed by atoms with Crippen molar-refractivity contribution in [3.05, 3.63) is 107 Å². The number of halogens is 1. The molecule has 4 nitrogen and oxygen atoms in total. The number of nitrogens with zero attached hydrogens (tertiary/aromatic N) is 2. The van der Waals surface area contributed by atoms with E-state index in [2.05, 4.69) is 20.8 Å². The third-order valence-corrected chi connectivity index (χ3v) is 8.22. The zero-order valence-corrected chi connectivity index (χ0v) is 21.9. The maximum atomic E-state index is 14.5. The molecule has 2 fully saturated rings. The van der Waals surface area contributed by atoms with Crippen molar-refractivity contribution in [2.24, 2.45) is 11.3 Å². The molecule has 1 saturated heterocycles. The van der Waals surface area contributed by atoms with E-state index >= 15 is 0 Å². The SMILES string of the molecule is CC(C)(C)C1CC2(C1)C(=O)N(C(c1ccccc1)c1ccccc1)CC(=O)N2Cc1ccc(Cl)cc1. The lowest BCUT2D eigenvalue weighted by Gasteiger charge is -2.60. The summed E-state index contributed by atoms with van der Waals surface area (Å²) in [6.07, 6.45) is 1.36. The first-order valence-corrected chi connectivity index (χ1v) is 13.0. The minimum atomic E-state index is -0.825. The van der Waals surface area contributed by atoms with E-state index in [1.807, 2.05) is 94.7 Å². The summed E-state index contributed by atoms with van der Waals surface area (Å²) in [6.45, 7) is 7.13. The molecule has 0 aromatic heterocycles. The second-order valence-electron chi connectivity index (χ2n) is 11.3. The molecule has 1 aliphatic carbocycles. The summed E-state index contributed by atoms with van der Waals surface area (Å²) < 4.78 is 0. The topological polar surface area (TPSA) is 40.6 Å².